The summed E-state index contributed by atoms with van der Waals surface area (Å²) in [5, 5.41) is 10.3. The summed E-state index contributed by atoms with van der Waals surface area (Å²) in [6.45, 7) is 4.77. The van der Waals surface area contributed by atoms with E-state index in [1.54, 1.807) is 0 Å². The monoisotopic (exact) mass is 218 g/mol. The standard InChI is InChI=1S/C14H18O2/c1-14(2,11-7-4-3-5-8-11)13(15)12-9-6-10-16-12/h3-5,7-9,13,15H,6,10H2,1-2H3. The molecule has 1 atom stereocenters. The number of hydrogen-bond acceptors (Lipinski definition) is 2. The number of ether oxygens (including phenoxy) is 1. The molecule has 16 heavy (non-hydrogen) atoms. The van der Waals surface area contributed by atoms with E-state index in [2.05, 4.69) is 0 Å². The summed E-state index contributed by atoms with van der Waals surface area (Å²) in [7, 11) is 0. The molecule has 0 amide bonds. The topological polar surface area (TPSA) is 29.5 Å². The first kappa shape index (κ1) is 11.2. The van der Waals surface area contributed by atoms with Gasteiger partial charge in [-0.2, -0.15) is 0 Å². The van der Waals surface area contributed by atoms with Crippen molar-refractivity contribution in [3.63, 3.8) is 0 Å². The Morgan fingerprint density at radius 1 is 1.25 bits per heavy atom. The van der Waals surface area contributed by atoms with E-state index in [-0.39, 0.29) is 5.41 Å². The lowest BCUT2D eigenvalue weighted by Gasteiger charge is -2.31. The van der Waals surface area contributed by atoms with Gasteiger partial charge in [0.25, 0.3) is 0 Å². The van der Waals surface area contributed by atoms with Gasteiger partial charge in [0.1, 0.15) is 11.9 Å². The molecule has 0 saturated heterocycles. The van der Waals surface area contributed by atoms with Crippen LogP contribution in [-0.2, 0) is 10.2 Å². The molecule has 1 aromatic rings. The van der Waals surface area contributed by atoms with Gasteiger partial charge in [-0.3, -0.25) is 0 Å². The van der Waals surface area contributed by atoms with Gasteiger partial charge in [-0.25, -0.2) is 0 Å². The SMILES string of the molecule is CC(C)(c1ccccc1)C(O)C1=CCCO1. The smallest absolute Gasteiger partial charge is 0.121 e. The lowest BCUT2D eigenvalue weighted by molar-refractivity contribution is 0.0685. The molecule has 1 N–H and O–H groups in total. The molecule has 0 spiro atoms. The molecule has 0 fully saturated rings. The second-order valence-electron chi connectivity index (χ2n) is 4.73. The second-order valence-corrected chi connectivity index (χ2v) is 4.73. The number of aliphatic hydroxyl groups excluding tert-OH is 1. The summed E-state index contributed by atoms with van der Waals surface area (Å²) < 4.78 is 5.43. The van der Waals surface area contributed by atoms with Gasteiger partial charge in [-0.1, -0.05) is 44.2 Å². The van der Waals surface area contributed by atoms with E-state index >= 15 is 0 Å². The fraction of sp³-hybridized carbons (Fsp3) is 0.429. The molecule has 1 aliphatic rings. The summed E-state index contributed by atoms with van der Waals surface area (Å²) in [6.07, 6.45) is 2.31. The molecule has 1 heterocycles. The number of hydrogen-bond donors (Lipinski definition) is 1. The Kier molecular flexibility index (Phi) is 3.01. The third-order valence-electron chi connectivity index (χ3n) is 3.20. The molecular weight excluding hydrogens is 200 g/mol. The minimum absolute atomic E-state index is 0.322. The van der Waals surface area contributed by atoms with Gasteiger partial charge in [0, 0.05) is 11.8 Å². The highest BCUT2D eigenvalue weighted by atomic mass is 16.5. The van der Waals surface area contributed by atoms with E-state index in [0.717, 1.165) is 12.0 Å². The fourth-order valence-electron chi connectivity index (χ4n) is 2.01. The Morgan fingerprint density at radius 3 is 2.50 bits per heavy atom. The van der Waals surface area contributed by atoms with Crippen LogP contribution in [0.5, 0.6) is 0 Å². The Balaban J connectivity index is 2.24. The molecule has 0 aliphatic carbocycles. The van der Waals surface area contributed by atoms with Crippen molar-refractivity contribution >= 4 is 0 Å². The first-order chi connectivity index (χ1) is 7.62. The van der Waals surface area contributed by atoms with E-state index in [0.29, 0.717) is 12.4 Å². The fourth-order valence-corrected chi connectivity index (χ4v) is 2.01. The van der Waals surface area contributed by atoms with Crippen LogP contribution in [-0.4, -0.2) is 17.8 Å². The third kappa shape index (κ3) is 1.98. The average molecular weight is 218 g/mol. The van der Waals surface area contributed by atoms with E-state index in [1.165, 1.54) is 0 Å². The summed E-state index contributed by atoms with van der Waals surface area (Å²) in [4.78, 5) is 0. The molecule has 1 aliphatic heterocycles. The summed E-state index contributed by atoms with van der Waals surface area (Å²) in [5.41, 5.74) is 0.802. The predicted molar refractivity (Wildman–Crippen MR) is 64.1 cm³/mol. The van der Waals surface area contributed by atoms with Crippen molar-refractivity contribution in [2.75, 3.05) is 6.61 Å². The third-order valence-corrected chi connectivity index (χ3v) is 3.20. The molecule has 86 valence electrons. The van der Waals surface area contributed by atoms with E-state index in [4.69, 9.17) is 4.74 Å². The Morgan fingerprint density at radius 2 is 1.94 bits per heavy atom. The quantitative estimate of drug-likeness (QED) is 0.845. The molecule has 0 aromatic heterocycles. The number of rotatable bonds is 3. The Hall–Kier alpha value is -1.28. The van der Waals surface area contributed by atoms with Crippen molar-refractivity contribution in [3.8, 4) is 0 Å². The van der Waals surface area contributed by atoms with Crippen LogP contribution in [0, 0.1) is 0 Å². The highest BCUT2D eigenvalue weighted by molar-refractivity contribution is 5.28. The van der Waals surface area contributed by atoms with Crippen molar-refractivity contribution in [1.82, 2.24) is 0 Å². The molecule has 1 unspecified atom stereocenters. The van der Waals surface area contributed by atoms with Gasteiger partial charge in [0.2, 0.25) is 0 Å². The molecule has 0 radical (unpaired) electrons. The molecule has 2 nitrogen and oxygen atoms in total. The van der Waals surface area contributed by atoms with Gasteiger partial charge in [0.05, 0.1) is 6.61 Å². The maximum absolute atomic E-state index is 10.3. The zero-order chi connectivity index (χ0) is 11.6. The maximum atomic E-state index is 10.3. The van der Waals surface area contributed by atoms with E-state index in [1.807, 2.05) is 50.3 Å². The molecule has 2 rings (SSSR count). The van der Waals surface area contributed by atoms with Crippen LogP contribution in [0.4, 0.5) is 0 Å². The average Bonchev–Trinajstić information content (AvgIpc) is 2.82. The zero-order valence-electron chi connectivity index (χ0n) is 9.81. The molecule has 2 heteroatoms. The zero-order valence-corrected chi connectivity index (χ0v) is 9.81. The Bertz CT molecular complexity index is 379. The number of aliphatic hydroxyl groups is 1. The van der Waals surface area contributed by atoms with Crippen LogP contribution in [0.3, 0.4) is 0 Å². The van der Waals surface area contributed by atoms with Gasteiger partial charge in [-0.05, 0) is 11.6 Å². The first-order valence-corrected chi connectivity index (χ1v) is 5.69. The van der Waals surface area contributed by atoms with Gasteiger partial charge >= 0.3 is 0 Å². The van der Waals surface area contributed by atoms with Crippen molar-refractivity contribution in [3.05, 3.63) is 47.7 Å². The van der Waals surface area contributed by atoms with Crippen molar-refractivity contribution in [2.24, 2.45) is 0 Å². The Labute approximate surface area is 96.6 Å². The maximum Gasteiger partial charge on any atom is 0.121 e. The molecule has 1 aromatic carbocycles. The van der Waals surface area contributed by atoms with Crippen LogP contribution in [0.1, 0.15) is 25.8 Å². The molecular formula is C14H18O2. The highest BCUT2D eigenvalue weighted by Gasteiger charge is 2.34. The minimum atomic E-state index is -0.572. The van der Waals surface area contributed by atoms with Gasteiger partial charge in [0.15, 0.2) is 0 Å². The summed E-state index contributed by atoms with van der Waals surface area (Å²) in [6, 6.07) is 10.1. The second kappa shape index (κ2) is 4.30. The van der Waals surface area contributed by atoms with Crippen LogP contribution in [0.25, 0.3) is 0 Å². The summed E-state index contributed by atoms with van der Waals surface area (Å²) in [5.74, 6) is 0.717. The van der Waals surface area contributed by atoms with E-state index < -0.39 is 6.10 Å². The lowest BCUT2D eigenvalue weighted by Crippen LogP contribution is -2.35. The van der Waals surface area contributed by atoms with Crippen molar-refractivity contribution < 1.29 is 9.84 Å². The van der Waals surface area contributed by atoms with Crippen LogP contribution < -0.4 is 0 Å². The minimum Gasteiger partial charge on any atom is -0.495 e. The number of benzene rings is 1. The van der Waals surface area contributed by atoms with Crippen LogP contribution >= 0.6 is 0 Å². The normalized spacial score (nSPS) is 17.8. The van der Waals surface area contributed by atoms with Crippen LogP contribution in [0.2, 0.25) is 0 Å². The van der Waals surface area contributed by atoms with Gasteiger partial charge < -0.3 is 9.84 Å². The highest BCUT2D eigenvalue weighted by Crippen LogP contribution is 2.32. The van der Waals surface area contributed by atoms with Crippen molar-refractivity contribution in [2.45, 2.75) is 31.8 Å². The lowest BCUT2D eigenvalue weighted by atomic mass is 9.78. The van der Waals surface area contributed by atoms with E-state index in [9.17, 15) is 5.11 Å². The van der Waals surface area contributed by atoms with Gasteiger partial charge in [-0.15, -0.1) is 0 Å². The molecule has 0 saturated carbocycles. The molecule has 0 bridgehead atoms. The first-order valence-electron chi connectivity index (χ1n) is 5.69. The largest absolute Gasteiger partial charge is 0.495 e. The van der Waals surface area contributed by atoms with Crippen LogP contribution in [0.15, 0.2) is 42.2 Å². The van der Waals surface area contributed by atoms with Crippen molar-refractivity contribution in [1.29, 1.82) is 0 Å². The predicted octanol–water partition coefficient (Wildman–Crippen LogP) is 2.63. The summed E-state index contributed by atoms with van der Waals surface area (Å²) >= 11 is 0.